The summed E-state index contributed by atoms with van der Waals surface area (Å²) in [6.45, 7) is 5.78. The zero-order valence-electron chi connectivity index (χ0n) is 6.45. The molecule has 0 saturated carbocycles. The second-order valence-electron chi connectivity index (χ2n) is 1.68. The lowest BCUT2D eigenvalue weighted by molar-refractivity contribution is 0.113. The summed E-state index contributed by atoms with van der Waals surface area (Å²) in [6, 6.07) is 0. The van der Waals surface area contributed by atoms with E-state index in [1.54, 1.807) is 0 Å². The molecule has 0 amide bonds. The van der Waals surface area contributed by atoms with Gasteiger partial charge in [-0.2, -0.15) is 8.42 Å². The lowest BCUT2D eigenvalue weighted by Gasteiger charge is -2.00. The summed E-state index contributed by atoms with van der Waals surface area (Å²) >= 11 is 0. The summed E-state index contributed by atoms with van der Waals surface area (Å²) < 4.78 is 30.4. The summed E-state index contributed by atoms with van der Waals surface area (Å²) in [4.78, 5) is 0. The average Bonchev–Trinajstić information content (AvgIpc) is 1.99. The molecule has 66 valence electrons. The molecular weight excluding hydrogens is 168 g/mol. The van der Waals surface area contributed by atoms with Gasteiger partial charge in [0.05, 0.1) is 18.6 Å². The zero-order valence-corrected chi connectivity index (χ0v) is 7.26. The molecule has 0 aliphatic heterocycles. The van der Waals surface area contributed by atoms with Crippen LogP contribution in [0.2, 0.25) is 0 Å². The molecule has 0 bridgehead atoms. The maximum absolute atomic E-state index is 10.6. The van der Waals surface area contributed by atoms with Crippen molar-refractivity contribution in [3.8, 4) is 0 Å². The first-order valence-corrected chi connectivity index (χ1v) is 4.69. The predicted octanol–water partition coefficient (Wildman–Crippen LogP) is 0.513. The molecule has 0 fully saturated rings. The standard InChI is InChI=1S/C6H12O4S/c1-3-9-5-6-10-11(7,8)4-2/h4H,2-3,5-6H2,1H3. The Labute approximate surface area is 66.9 Å². The molecule has 0 N–H and O–H groups in total. The van der Waals surface area contributed by atoms with Crippen LogP contribution in [-0.2, 0) is 19.0 Å². The minimum Gasteiger partial charge on any atom is -0.379 e. The first-order chi connectivity index (χ1) is 5.12. The molecule has 5 heteroatoms. The van der Waals surface area contributed by atoms with Crippen LogP contribution in [-0.4, -0.2) is 28.2 Å². The predicted molar refractivity (Wildman–Crippen MR) is 41.6 cm³/mol. The molecule has 0 aromatic heterocycles. The van der Waals surface area contributed by atoms with Gasteiger partial charge in [0.1, 0.15) is 0 Å². The maximum atomic E-state index is 10.6. The Morgan fingerprint density at radius 3 is 2.55 bits per heavy atom. The van der Waals surface area contributed by atoms with Gasteiger partial charge in [-0.05, 0) is 6.92 Å². The van der Waals surface area contributed by atoms with Gasteiger partial charge in [-0.3, -0.25) is 4.18 Å². The minimum absolute atomic E-state index is 0.0438. The monoisotopic (exact) mass is 180 g/mol. The average molecular weight is 180 g/mol. The van der Waals surface area contributed by atoms with Gasteiger partial charge in [-0.15, -0.1) is 0 Å². The number of rotatable bonds is 6. The highest BCUT2D eigenvalue weighted by Gasteiger charge is 2.02. The van der Waals surface area contributed by atoms with E-state index in [1.807, 2.05) is 6.92 Å². The molecule has 11 heavy (non-hydrogen) atoms. The van der Waals surface area contributed by atoms with Crippen molar-refractivity contribution in [3.63, 3.8) is 0 Å². The van der Waals surface area contributed by atoms with Gasteiger partial charge in [0.25, 0.3) is 10.1 Å². The molecule has 0 aliphatic carbocycles. The van der Waals surface area contributed by atoms with E-state index >= 15 is 0 Å². The van der Waals surface area contributed by atoms with Gasteiger partial charge in [0.15, 0.2) is 0 Å². The lowest BCUT2D eigenvalue weighted by atomic mass is 10.8. The van der Waals surface area contributed by atoms with Crippen molar-refractivity contribution in [1.29, 1.82) is 0 Å². The van der Waals surface area contributed by atoms with Gasteiger partial charge >= 0.3 is 0 Å². The van der Waals surface area contributed by atoms with Crippen LogP contribution < -0.4 is 0 Å². The van der Waals surface area contributed by atoms with Gasteiger partial charge in [-0.25, -0.2) is 0 Å². The van der Waals surface area contributed by atoms with E-state index in [0.717, 1.165) is 5.41 Å². The molecule has 0 atom stereocenters. The summed E-state index contributed by atoms with van der Waals surface area (Å²) in [5.41, 5.74) is 0. The van der Waals surface area contributed by atoms with Crippen LogP contribution in [0.15, 0.2) is 12.0 Å². The largest absolute Gasteiger partial charge is 0.379 e. The Hall–Kier alpha value is -0.390. The zero-order chi connectivity index (χ0) is 8.74. The number of ether oxygens (including phenoxy) is 1. The van der Waals surface area contributed by atoms with Crippen molar-refractivity contribution in [2.45, 2.75) is 6.92 Å². The van der Waals surface area contributed by atoms with Crippen LogP contribution in [0.1, 0.15) is 6.92 Å². The van der Waals surface area contributed by atoms with Crippen molar-refractivity contribution >= 4 is 10.1 Å². The third kappa shape index (κ3) is 6.03. The fraction of sp³-hybridized carbons (Fsp3) is 0.667. The topological polar surface area (TPSA) is 52.6 Å². The second-order valence-corrected chi connectivity index (χ2v) is 3.23. The highest BCUT2D eigenvalue weighted by Crippen LogP contribution is 1.92. The summed E-state index contributed by atoms with van der Waals surface area (Å²) in [5.74, 6) is 0. The molecule has 4 nitrogen and oxygen atoms in total. The molecule has 0 saturated heterocycles. The summed E-state index contributed by atoms with van der Waals surface area (Å²) in [5, 5.41) is 0.763. The van der Waals surface area contributed by atoms with E-state index < -0.39 is 10.1 Å². The summed E-state index contributed by atoms with van der Waals surface area (Å²) in [7, 11) is -3.52. The first-order valence-electron chi connectivity index (χ1n) is 3.22. The van der Waals surface area contributed by atoms with Crippen molar-refractivity contribution in [1.82, 2.24) is 0 Å². The SMILES string of the molecule is C=CS(=O)(=O)OCCOCC. The summed E-state index contributed by atoms with van der Waals surface area (Å²) in [6.07, 6.45) is 0. The van der Waals surface area contributed by atoms with E-state index in [2.05, 4.69) is 10.8 Å². The van der Waals surface area contributed by atoms with Crippen molar-refractivity contribution < 1.29 is 17.3 Å². The molecule has 0 rings (SSSR count). The van der Waals surface area contributed by atoms with E-state index in [1.165, 1.54) is 0 Å². The van der Waals surface area contributed by atoms with Crippen molar-refractivity contribution in [2.24, 2.45) is 0 Å². The maximum Gasteiger partial charge on any atom is 0.289 e. The van der Waals surface area contributed by atoms with Crippen LogP contribution in [0.3, 0.4) is 0 Å². The van der Waals surface area contributed by atoms with Gasteiger partial charge < -0.3 is 4.74 Å². The number of hydrogen-bond donors (Lipinski definition) is 0. The van der Waals surface area contributed by atoms with E-state index in [4.69, 9.17) is 4.74 Å². The molecule has 0 spiro atoms. The van der Waals surface area contributed by atoms with Crippen molar-refractivity contribution in [3.05, 3.63) is 12.0 Å². The third-order valence-corrected chi connectivity index (χ3v) is 1.79. The van der Waals surface area contributed by atoms with Crippen LogP contribution in [0.25, 0.3) is 0 Å². The van der Waals surface area contributed by atoms with Crippen molar-refractivity contribution in [2.75, 3.05) is 19.8 Å². The minimum atomic E-state index is -3.52. The fourth-order valence-electron chi connectivity index (χ4n) is 0.402. The normalized spacial score (nSPS) is 11.4. The molecule has 0 aliphatic rings. The van der Waals surface area contributed by atoms with Gasteiger partial charge in [-0.1, -0.05) is 6.58 Å². The molecule has 0 radical (unpaired) electrons. The molecule has 0 heterocycles. The Balaban J connectivity index is 3.47. The molecule has 0 aromatic carbocycles. The van der Waals surface area contributed by atoms with E-state index in [9.17, 15) is 8.42 Å². The van der Waals surface area contributed by atoms with Crippen LogP contribution >= 0.6 is 0 Å². The van der Waals surface area contributed by atoms with Crippen LogP contribution in [0, 0.1) is 0 Å². The molecule has 0 aromatic rings. The fourth-order valence-corrected chi connectivity index (χ4v) is 0.798. The van der Waals surface area contributed by atoms with Crippen LogP contribution in [0.5, 0.6) is 0 Å². The Bertz CT molecular complexity index is 195. The highest BCUT2D eigenvalue weighted by atomic mass is 32.2. The lowest BCUT2D eigenvalue weighted by Crippen LogP contribution is -2.08. The van der Waals surface area contributed by atoms with Gasteiger partial charge in [0, 0.05) is 6.61 Å². The molecular formula is C6H12O4S. The Kier molecular flexibility index (Phi) is 5.10. The van der Waals surface area contributed by atoms with Gasteiger partial charge in [0.2, 0.25) is 0 Å². The van der Waals surface area contributed by atoms with Crippen LogP contribution in [0.4, 0.5) is 0 Å². The quantitative estimate of drug-likeness (QED) is 0.441. The smallest absolute Gasteiger partial charge is 0.289 e. The highest BCUT2D eigenvalue weighted by molar-refractivity contribution is 7.89. The third-order valence-electron chi connectivity index (χ3n) is 0.884. The molecule has 0 unspecified atom stereocenters. The second kappa shape index (κ2) is 5.29. The Morgan fingerprint density at radius 2 is 2.09 bits per heavy atom. The van der Waals surface area contributed by atoms with E-state index in [0.29, 0.717) is 6.61 Å². The van der Waals surface area contributed by atoms with E-state index in [-0.39, 0.29) is 13.2 Å². The number of hydrogen-bond acceptors (Lipinski definition) is 4. The first kappa shape index (κ1) is 10.6. The Morgan fingerprint density at radius 1 is 1.45 bits per heavy atom.